The van der Waals surface area contributed by atoms with Gasteiger partial charge in [0.1, 0.15) is 11.3 Å². The molecule has 6 heteroatoms. The summed E-state index contributed by atoms with van der Waals surface area (Å²) in [5.41, 5.74) is 2.18. The van der Waals surface area contributed by atoms with Gasteiger partial charge < -0.3 is 19.7 Å². The lowest BCUT2D eigenvalue weighted by Crippen LogP contribution is -2.36. The summed E-state index contributed by atoms with van der Waals surface area (Å²) in [6.07, 6.45) is 0. The van der Waals surface area contributed by atoms with Crippen molar-refractivity contribution in [3.63, 3.8) is 0 Å². The van der Waals surface area contributed by atoms with E-state index in [9.17, 15) is 9.59 Å². The molecule has 2 amide bonds. The van der Waals surface area contributed by atoms with E-state index in [1.165, 1.54) is 14.2 Å². The highest BCUT2D eigenvalue weighted by Gasteiger charge is 2.15. The molecule has 0 aliphatic heterocycles. The van der Waals surface area contributed by atoms with Gasteiger partial charge in [-0.05, 0) is 34.0 Å². The Balaban J connectivity index is 1.66. The van der Waals surface area contributed by atoms with Crippen LogP contribution in [0.5, 0.6) is 5.75 Å². The summed E-state index contributed by atoms with van der Waals surface area (Å²) >= 11 is 0. The lowest BCUT2D eigenvalue weighted by molar-refractivity contribution is 0.0597. The first-order valence-corrected chi connectivity index (χ1v) is 9.24. The number of esters is 1. The van der Waals surface area contributed by atoms with Crippen molar-refractivity contribution in [2.24, 2.45) is 0 Å². The van der Waals surface area contributed by atoms with Crippen molar-refractivity contribution in [3.8, 4) is 5.75 Å². The van der Waals surface area contributed by atoms with Crippen LogP contribution in [0.4, 0.5) is 4.79 Å². The van der Waals surface area contributed by atoms with Crippen molar-refractivity contribution < 1.29 is 19.1 Å². The molecule has 1 N–H and O–H groups in total. The quantitative estimate of drug-likeness (QED) is 0.645. The van der Waals surface area contributed by atoms with Gasteiger partial charge in [-0.2, -0.15) is 0 Å². The number of ether oxygens (including phenoxy) is 2. The zero-order valence-electron chi connectivity index (χ0n) is 16.8. The van der Waals surface area contributed by atoms with Crippen molar-refractivity contribution in [3.05, 3.63) is 77.4 Å². The first-order valence-electron chi connectivity index (χ1n) is 9.24. The van der Waals surface area contributed by atoms with E-state index < -0.39 is 5.97 Å². The standard InChI is InChI=1S/C23H24N2O4/c1-25(15-18-9-6-8-17-7-4-5-10-19(17)18)23(27)24-14-16-11-12-21(28-2)20(13-16)22(26)29-3/h4-13H,14-15H2,1-3H3,(H,24,27). The molecule has 0 aromatic heterocycles. The third-order valence-corrected chi connectivity index (χ3v) is 4.75. The van der Waals surface area contributed by atoms with Gasteiger partial charge in [0.25, 0.3) is 0 Å². The maximum absolute atomic E-state index is 12.6. The van der Waals surface area contributed by atoms with Gasteiger partial charge in [0.15, 0.2) is 0 Å². The van der Waals surface area contributed by atoms with Crippen LogP contribution in [0, 0.1) is 0 Å². The predicted octanol–water partition coefficient (Wildman–Crippen LogP) is 3.98. The average molecular weight is 392 g/mol. The van der Waals surface area contributed by atoms with Crippen LogP contribution in [-0.4, -0.2) is 38.2 Å². The molecule has 0 spiro atoms. The van der Waals surface area contributed by atoms with Crippen LogP contribution in [0.2, 0.25) is 0 Å². The molecular weight excluding hydrogens is 368 g/mol. The summed E-state index contributed by atoms with van der Waals surface area (Å²) in [7, 11) is 4.56. The SMILES string of the molecule is COC(=O)c1cc(CNC(=O)N(C)Cc2cccc3ccccc23)ccc1OC. The molecule has 0 radical (unpaired) electrons. The Morgan fingerprint density at radius 3 is 2.52 bits per heavy atom. The van der Waals surface area contributed by atoms with E-state index in [1.807, 2.05) is 24.3 Å². The Morgan fingerprint density at radius 1 is 1.00 bits per heavy atom. The third-order valence-electron chi connectivity index (χ3n) is 4.75. The zero-order chi connectivity index (χ0) is 20.8. The molecule has 3 aromatic rings. The van der Waals surface area contributed by atoms with E-state index >= 15 is 0 Å². The second-order valence-corrected chi connectivity index (χ2v) is 6.68. The summed E-state index contributed by atoms with van der Waals surface area (Å²) in [5, 5.41) is 5.16. The Labute approximate surface area is 170 Å². The summed E-state index contributed by atoms with van der Waals surface area (Å²) in [6, 6.07) is 19.1. The van der Waals surface area contributed by atoms with Crippen molar-refractivity contribution in [1.82, 2.24) is 10.2 Å². The highest BCUT2D eigenvalue weighted by atomic mass is 16.5. The van der Waals surface area contributed by atoms with Crippen LogP contribution < -0.4 is 10.1 Å². The van der Waals surface area contributed by atoms with Gasteiger partial charge in [0, 0.05) is 20.1 Å². The summed E-state index contributed by atoms with van der Waals surface area (Å²) in [4.78, 5) is 26.1. The topological polar surface area (TPSA) is 67.9 Å². The predicted molar refractivity (Wildman–Crippen MR) is 112 cm³/mol. The number of carbonyl (C=O) groups is 2. The summed E-state index contributed by atoms with van der Waals surface area (Å²) in [6.45, 7) is 0.774. The molecule has 0 fully saturated rings. The molecule has 150 valence electrons. The Bertz CT molecular complexity index is 1030. The number of fused-ring (bicyclic) bond motifs is 1. The molecule has 0 aliphatic rings. The molecule has 0 aliphatic carbocycles. The van der Waals surface area contributed by atoms with Gasteiger partial charge in [-0.25, -0.2) is 9.59 Å². The number of amides is 2. The minimum absolute atomic E-state index is 0.201. The number of hydrogen-bond donors (Lipinski definition) is 1. The third kappa shape index (κ3) is 4.66. The van der Waals surface area contributed by atoms with Gasteiger partial charge >= 0.3 is 12.0 Å². The lowest BCUT2D eigenvalue weighted by atomic mass is 10.0. The highest BCUT2D eigenvalue weighted by molar-refractivity contribution is 5.92. The summed E-state index contributed by atoms with van der Waals surface area (Å²) in [5.74, 6) is -0.0527. The normalized spacial score (nSPS) is 10.4. The highest BCUT2D eigenvalue weighted by Crippen LogP contribution is 2.21. The average Bonchev–Trinajstić information content (AvgIpc) is 2.76. The second kappa shape index (κ2) is 9.10. The van der Waals surface area contributed by atoms with E-state index in [0.717, 1.165) is 21.9 Å². The van der Waals surface area contributed by atoms with E-state index in [2.05, 4.69) is 23.5 Å². The van der Waals surface area contributed by atoms with Gasteiger partial charge in [-0.3, -0.25) is 0 Å². The number of nitrogens with one attached hydrogen (secondary N) is 1. The molecule has 0 heterocycles. The van der Waals surface area contributed by atoms with Crippen LogP contribution >= 0.6 is 0 Å². The van der Waals surface area contributed by atoms with E-state index in [4.69, 9.17) is 9.47 Å². The molecule has 0 bridgehead atoms. The van der Waals surface area contributed by atoms with Crippen LogP contribution in [0.3, 0.4) is 0 Å². The Hall–Kier alpha value is -3.54. The summed E-state index contributed by atoms with van der Waals surface area (Å²) < 4.78 is 9.98. The number of carbonyl (C=O) groups excluding carboxylic acids is 2. The van der Waals surface area contributed by atoms with Crippen molar-refractivity contribution >= 4 is 22.8 Å². The zero-order valence-corrected chi connectivity index (χ0v) is 16.8. The second-order valence-electron chi connectivity index (χ2n) is 6.68. The van der Waals surface area contributed by atoms with Crippen molar-refractivity contribution in [1.29, 1.82) is 0 Å². The first-order chi connectivity index (χ1) is 14.0. The monoisotopic (exact) mass is 392 g/mol. The van der Waals surface area contributed by atoms with E-state index in [1.54, 1.807) is 30.1 Å². The van der Waals surface area contributed by atoms with Crippen molar-refractivity contribution in [2.45, 2.75) is 13.1 Å². The molecule has 6 nitrogen and oxygen atoms in total. The van der Waals surface area contributed by atoms with E-state index in [0.29, 0.717) is 17.9 Å². The number of methoxy groups -OCH3 is 2. The fourth-order valence-corrected chi connectivity index (χ4v) is 3.20. The maximum Gasteiger partial charge on any atom is 0.341 e. The van der Waals surface area contributed by atoms with Crippen LogP contribution in [0.15, 0.2) is 60.7 Å². The smallest absolute Gasteiger partial charge is 0.341 e. The number of hydrogen-bond acceptors (Lipinski definition) is 4. The number of benzene rings is 3. The Kier molecular flexibility index (Phi) is 6.34. The van der Waals surface area contributed by atoms with Gasteiger partial charge in [-0.15, -0.1) is 0 Å². The molecular formula is C23H24N2O4. The van der Waals surface area contributed by atoms with Crippen LogP contribution in [-0.2, 0) is 17.8 Å². The maximum atomic E-state index is 12.6. The van der Waals surface area contributed by atoms with Gasteiger partial charge in [0.2, 0.25) is 0 Å². The van der Waals surface area contributed by atoms with Gasteiger partial charge in [0.05, 0.1) is 14.2 Å². The minimum atomic E-state index is -0.483. The fourth-order valence-electron chi connectivity index (χ4n) is 3.20. The van der Waals surface area contributed by atoms with Crippen molar-refractivity contribution in [2.75, 3.05) is 21.3 Å². The minimum Gasteiger partial charge on any atom is -0.496 e. The van der Waals surface area contributed by atoms with E-state index in [-0.39, 0.29) is 12.6 Å². The molecule has 3 rings (SSSR count). The number of urea groups is 1. The fraction of sp³-hybridized carbons (Fsp3) is 0.217. The molecule has 0 saturated carbocycles. The molecule has 0 saturated heterocycles. The van der Waals surface area contributed by atoms with Crippen LogP contribution in [0.25, 0.3) is 10.8 Å². The molecule has 0 atom stereocenters. The Morgan fingerprint density at radius 2 is 1.76 bits per heavy atom. The largest absolute Gasteiger partial charge is 0.496 e. The molecule has 29 heavy (non-hydrogen) atoms. The van der Waals surface area contributed by atoms with Gasteiger partial charge in [-0.1, -0.05) is 48.5 Å². The first kappa shape index (κ1) is 20.2. The van der Waals surface area contributed by atoms with Crippen LogP contribution in [0.1, 0.15) is 21.5 Å². The number of nitrogens with zero attached hydrogens (tertiary/aromatic N) is 1. The molecule has 3 aromatic carbocycles. The lowest BCUT2D eigenvalue weighted by Gasteiger charge is -2.19. The number of rotatable bonds is 6. The molecule has 0 unspecified atom stereocenters.